The van der Waals surface area contributed by atoms with Gasteiger partial charge in [0.15, 0.2) is 0 Å². The zero-order valence-corrected chi connectivity index (χ0v) is 11.4. The van der Waals surface area contributed by atoms with E-state index in [9.17, 15) is 14.3 Å². The molecule has 0 saturated heterocycles. The van der Waals surface area contributed by atoms with Gasteiger partial charge < -0.3 is 5.11 Å². The Hall–Kier alpha value is -2.69. The lowest BCUT2D eigenvalue weighted by molar-refractivity contribution is 0.0699. The Morgan fingerprint density at radius 1 is 1.33 bits per heavy atom. The molecule has 4 nitrogen and oxygen atoms in total. The molecule has 1 N–H and O–H groups in total. The topological polar surface area (TPSA) is 55.1 Å². The Bertz CT molecular complexity index is 839. The first-order valence-corrected chi connectivity index (χ1v) is 6.49. The van der Waals surface area contributed by atoms with Crippen LogP contribution in [0.5, 0.6) is 0 Å². The monoisotopic (exact) mass is 284 g/mol. The third-order valence-corrected chi connectivity index (χ3v) is 3.47. The molecule has 1 heterocycles. The van der Waals surface area contributed by atoms with Crippen molar-refractivity contribution in [2.75, 3.05) is 0 Å². The molecule has 0 unspecified atom stereocenters. The number of rotatable bonds is 3. The Labute approximate surface area is 120 Å². The maximum Gasteiger partial charge on any atom is 0.336 e. The number of fused-ring (bicyclic) bond motifs is 1. The maximum atomic E-state index is 13.3. The van der Waals surface area contributed by atoms with Crippen molar-refractivity contribution in [3.63, 3.8) is 0 Å². The molecule has 0 radical (unpaired) electrons. The number of carboxylic acids is 1. The summed E-state index contributed by atoms with van der Waals surface area (Å²) >= 11 is 0. The molecule has 0 saturated carbocycles. The van der Waals surface area contributed by atoms with E-state index in [1.165, 1.54) is 6.07 Å². The molecule has 1 aromatic heterocycles. The van der Waals surface area contributed by atoms with Crippen LogP contribution in [0.3, 0.4) is 0 Å². The molecule has 0 aliphatic carbocycles. The third-order valence-electron chi connectivity index (χ3n) is 3.47. The van der Waals surface area contributed by atoms with E-state index in [2.05, 4.69) is 5.10 Å². The Morgan fingerprint density at radius 2 is 2.14 bits per heavy atom. The van der Waals surface area contributed by atoms with Gasteiger partial charge in [0, 0.05) is 5.39 Å². The van der Waals surface area contributed by atoms with E-state index in [-0.39, 0.29) is 11.4 Å². The fourth-order valence-electron chi connectivity index (χ4n) is 2.39. The van der Waals surface area contributed by atoms with Gasteiger partial charge in [0.1, 0.15) is 5.82 Å². The van der Waals surface area contributed by atoms with E-state index >= 15 is 0 Å². The zero-order valence-electron chi connectivity index (χ0n) is 11.4. The summed E-state index contributed by atoms with van der Waals surface area (Å²) in [6.07, 6.45) is 1.55. The predicted octanol–water partition coefficient (Wildman–Crippen LogP) is 3.23. The van der Waals surface area contributed by atoms with Crippen molar-refractivity contribution >= 4 is 16.9 Å². The van der Waals surface area contributed by atoms with Crippen molar-refractivity contribution < 1.29 is 14.3 Å². The average Bonchev–Trinajstić information content (AvgIpc) is 2.86. The van der Waals surface area contributed by atoms with Crippen LogP contribution in [0.25, 0.3) is 10.9 Å². The molecule has 3 aromatic rings. The summed E-state index contributed by atoms with van der Waals surface area (Å²) in [4.78, 5) is 11.2. The van der Waals surface area contributed by atoms with Crippen LogP contribution in [0.1, 0.15) is 21.5 Å². The second-order valence-electron chi connectivity index (χ2n) is 4.93. The molecule has 2 aromatic carbocycles. The van der Waals surface area contributed by atoms with Crippen molar-refractivity contribution in [3.05, 3.63) is 65.1 Å². The van der Waals surface area contributed by atoms with Gasteiger partial charge in [-0.2, -0.15) is 5.10 Å². The van der Waals surface area contributed by atoms with Crippen LogP contribution >= 0.6 is 0 Å². The molecule has 0 fully saturated rings. The number of benzene rings is 2. The molecule has 0 spiro atoms. The third kappa shape index (κ3) is 2.38. The summed E-state index contributed by atoms with van der Waals surface area (Å²) in [7, 11) is 0. The number of hydrogen-bond acceptors (Lipinski definition) is 2. The molecule has 5 heteroatoms. The van der Waals surface area contributed by atoms with E-state index in [0.717, 1.165) is 11.1 Å². The summed E-state index contributed by atoms with van der Waals surface area (Å²) in [5.41, 5.74) is 2.47. The van der Waals surface area contributed by atoms with Crippen LogP contribution in [0.2, 0.25) is 0 Å². The summed E-state index contributed by atoms with van der Waals surface area (Å²) in [5, 5.41) is 14.0. The molecule has 3 rings (SSSR count). The normalized spacial score (nSPS) is 11.0. The van der Waals surface area contributed by atoms with Crippen molar-refractivity contribution in [1.82, 2.24) is 9.78 Å². The van der Waals surface area contributed by atoms with E-state index in [4.69, 9.17) is 0 Å². The van der Waals surface area contributed by atoms with Gasteiger partial charge in [-0.25, -0.2) is 9.18 Å². The fourth-order valence-corrected chi connectivity index (χ4v) is 2.39. The second kappa shape index (κ2) is 5.01. The molecular weight excluding hydrogens is 271 g/mol. The minimum Gasteiger partial charge on any atom is -0.478 e. The van der Waals surface area contributed by atoms with Gasteiger partial charge in [0.25, 0.3) is 0 Å². The maximum absolute atomic E-state index is 13.3. The van der Waals surface area contributed by atoms with Gasteiger partial charge in [0.05, 0.1) is 23.8 Å². The standard InChI is InChI=1S/C16H13FN2O2/c1-10-7-11(5-6-14(10)17)9-19-15-4-2-3-12(16(20)21)13(15)8-18-19/h2-8H,9H2,1H3,(H,20,21). The van der Waals surface area contributed by atoms with Gasteiger partial charge in [-0.05, 0) is 36.2 Å². The van der Waals surface area contributed by atoms with Gasteiger partial charge in [-0.1, -0.05) is 18.2 Å². The Kier molecular flexibility index (Phi) is 3.17. The van der Waals surface area contributed by atoms with Crippen molar-refractivity contribution in [1.29, 1.82) is 0 Å². The number of aryl methyl sites for hydroxylation is 1. The Balaban J connectivity index is 2.03. The molecule has 0 amide bonds. The molecule has 0 bridgehead atoms. The summed E-state index contributed by atoms with van der Waals surface area (Å²) < 4.78 is 15.0. The number of hydrogen-bond donors (Lipinski definition) is 1. The number of aromatic nitrogens is 2. The van der Waals surface area contributed by atoms with E-state index in [1.54, 1.807) is 42.1 Å². The quantitative estimate of drug-likeness (QED) is 0.803. The van der Waals surface area contributed by atoms with E-state index in [1.807, 2.05) is 6.07 Å². The molecule has 106 valence electrons. The minimum atomic E-state index is -0.974. The molecule has 0 aliphatic rings. The summed E-state index contributed by atoms with van der Waals surface area (Å²) in [6, 6.07) is 9.98. The fraction of sp³-hybridized carbons (Fsp3) is 0.125. The van der Waals surface area contributed by atoms with Crippen LogP contribution < -0.4 is 0 Å². The molecule has 0 aliphatic heterocycles. The summed E-state index contributed by atoms with van der Waals surface area (Å²) in [6.45, 7) is 2.18. The average molecular weight is 284 g/mol. The van der Waals surface area contributed by atoms with Crippen molar-refractivity contribution in [2.24, 2.45) is 0 Å². The highest BCUT2D eigenvalue weighted by molar-refractivity contribution is 6.02. The highest BCUT2D eigenvalue weighted by Crippen LogP contribution is 2.20. The first kappa shape index (κ1) is 13.3. The van der Waals surface area contributed by atoms with Gasteiger partial charge >= 0.3 is 5.97 Å². The van der Waals surface area contributed by atoms with Crippen LogP contribution in [-0.4, -0.2) is 20.9 Å². The van der Waals surface area contributed by atoms with Gasteiger partial charge in [-0.15, -0.1) is 0 Å². The van der Waals surface area contributed by atoms with Crippen LogP contribution in [-0.2, 0) is 6.54 Å². The number of nitrogens with zero attached hydrogens (tertiary/aromatic N) is 2. The lowest BCUT2D eigenvalue weighted by Gasteiger charge is -2.06. The summed E-state index contributed by atoms with van der Waals surface area (Å²) in [5.74, 6) is -1.21. The first-order chi connectivity index (χ1) is 10.1. The van der Waals surface area contributed by atoms with Crippen LogP contribution in [0.4, 0.5) is 4.39 Å². The van der Waals surface area contributed by atoms with Crippen LogP contribution in [0, 0.1) is 12.7 Å². The molecule has 0 atom stereocenters. The Morgan fingerprint density at radius 3 is 2.86 bits per heavy atom. The number of carbonyl (C=O) groups is 1. The lowest BCUT2D eigenvalue weighted by atomic mass is 10.1. The van der Waals surface area contributed by atoms with Crippen LogP contribution in [0.15, 0.2) is 42.6 Å². The van der Waals surface area contributed by atoms with Gasteiger partial charge in [0.2, 0.25) is 0 Å². The predicted molar refractivity (Wildman–Crippen MR) is 76.9 cm³/mol. The molecular formula is C16H13FN2O2. The SMILES string of the molecule is Cc1cc(Cn2ncc3c(C(=O)O)cccc32)ccc1F. The smallest absolute Gasteiger partial charge is 0.336 e. The van der Waals surface area contributed by atoms with Gasteiger partial charge in [-0.3, -0.25) is 4.68 Å². The number of halogens is 1. The first-order valence-electron chi connectivity index (χ1n) is 6.49. The number of carboxylic acid groups (broad SMARTS) is 1. The molecule has 21 heavy (non-hydrogen) atoms. The van der Waals surface area contributed by atoms with E-state index < -0.39 is 5.97 Å². The highest BCUT2D eigenvalue weighted by atomic mass is 19.1. The zero-order chi connectivity index (χ0) is 15.0. The lowest BCUT2D eigenvalue weighted by Crippen LogP contribution is -2.02. The minimum absolute atomic E-state index is 0.231. The second-order valence-corrected chi connectivity index (χ2v) is 4.93. The highest BCUT2D eigenvalue weighted by Gasteiger charge is 2.12. The van der Waals surface area contributed by atoms with Crippen molar-refractivity contribution in [3.8, 4) is 0 Å². The van der Waals surface area contributed by atoms with Crippen molar-refractivity contribution in [2.45, 2.75) is 13.5 Å². The number of aromatic carboxylic acids is 1. The largest absolute Gasteiger partial charge is 0.478 e. The van der Waals surface area contributed by atoms with E-state index in [0.29, 0.717) is 17.5 Å².